The molecular formula is C19H18FNO3. The lowest BCUT2D eigenvalue weighted by Gasteiger charge is -2.31. The Kier molecular flexibility index (Phi) is 4.89. The zero-order valence-electron chi connectivity index (χ0n) is 13.2. The van der Waals surface area contributed by atoms with Crippen LogP contribution in [0.25, 0.3) is 0 Å². The summed E-state index contributed by atoms with van der Waals surface area (Å²) in [5.74, 6) is -0.427. The summed E-state index contributed by atoms with van der Waals surface area (Å²) < 4.78 is 18.3. The Morgan fingerprint density at radius 1 is 0.958 bits per heavy atom. The number of piperidine rings is 1. The first-order chi connectivity index (χ1) is 11.6. The molecule has 1 fully saturated rings. The Morgan fingerprint density at radius 2 is 1.58 bits per heavy atom. The number of hydrogen-bond donors (Lipinski definition) is 0. The van der Waals surface area contributed by atoms with Gasteiger partial charge >= 0.3 is 5.97 Å². The third kappa shape index (κ3) is 3.79. The van der Waals surface area contributed by atoms with Crippen LogP contribution >= 0.6 is 0 Å². The first-order valence-electron chi connectivity index (χ1n) is 7.95. The molecule has 0 radical (unpaired) electrons. The van der Waals surface area contributed by atoms with Crippen molar-refractivity contribution in [3.63, 3.8) is 0 Å². The fourth-order valence-corrected chi connectivity index (χ4v) is 2.78. The van der Waals surface area contributed by atoms with Gasteiger partial charge in [-0.15, -0.1) is 0 Å². The minimum atomic E-state index is -0.367. The van der Waals surface area contributed by atoms with Crippen LogP contribution in [0, 0.1) is 11.7 Å². The van der Waals surface area contributed by atoms with Crippen molar-refractivity contribution in [3.8, 4) is 5.75 Å². The number of para-hydroxylation sites is 1. The normalized spacial score (nSPS) is 15.1. The number of hydrogen-bond acceptors (Lipinski definition) is 3. The van der Waals surface area contributed by atoms with E-state index in [4.69, 9.17) is 4.74 Å². The lowest BCUT2D eigenvalue weighted by molar-refractivity contribution is -0.140. The van der Waals surface area contributed by atoms with Gasteiger partial charge in [-0.1, -0.05) is 18.2 Å². The molecule has 1 aliphatic heterocycles. The summed E-state index contributed by atoms with van der Waals surface area (Å²) in [6.45, 7) is 0.982. The highest BCUT2D eigenvalue weighted by Gasteiger charge is 2.29. The minimum absolute atomic E-state index is 0.134. The zero-order valence-corrected chi connectivity index (χ0v) is 13.2. The largest absolute Gasteiger partial charge is 0.426 e. The van der Waals surface area contributed by atoms with E-state index in [1.54, 1.807) is 17.0 Å². The number of carbonyl (C=O) groups excluding carboxylic acids is 2. The van der Waals surface area contributed by atoms with Crippen molar-refractivity contribution in [3.05, 3.63) is 66.0 Å². The highest BCUT2D eigenvalue weighted by Crippen LogP contribution is 2.22. The van der Waals surface area contributed by atoms with Crippen molar-refractivity contribution in [1.29, 1.82) is 0 Å². The van der Waals surface area contributed by atoms with E-state index in [9.17, 15) is 14.0 Å². The summed E-state index contributed by atoms with van der Waals surface area (Å²) in [5.41, 5.74) is 0.460. The first-order valence-corrected chi connectivity index (χ1v) is 7.95. The van der Waals surface area contributed by atoms with Gasteiger partial charge in [-0.3, -0.25) is 9.59 Å². The minimum Gasteiger partial charge on any atom is -0.426 e. The molecule has 124 valence electrons. The third-order valence-corrected chi connectivity index (χ3v) is 4.17. The summed E-state index contributed by atoms with van der Waals surface area (Å²) in [5, 5.41) is 0. The molecule has 0 bridgehead atoms. The average Bonchev–Trinajstić information content (AvgIpc) is 2.63. The van der Waals surface area contributed by atoms with E-state index in [1.165, 1.54) is 24.3 Å². The Morgan fingerprint density at radius 3 is 2.21 bits per heavy atom. The highest BCUT2D eigenvalue weighted by molar-refractivity contribution is 5.94. The monoisotopic (exact) mass is 327 g/mol. The van der Waals surface area contributed by atoms with E-state index < -0.39 is 0 Å². The van der Waals surface area contributed by atoms with Crippen LogP contribution in [0.5, 0.6) is 5.75 Å². The van der Waals surface area contributed by atoms with Gasteiger partial charge in [0.25, 0.3) is 5.91 Å². The van der Waals surface area contributed by atoms with Gasteiger partial charge in [-0.2, -0.15) is 0 Å². The van der Waals surface area contributed by atoms with Crippen LogP contribution in [0.1, 0.15) is 23.2 Å². The second-order valence-corrected chi connectivity index (χ2v) is 5.81. The van der Waals surface area contributed by atoms with Gasteiger partial charge in [-0.05, 0) is 49.2 Å². The van der Waals surface area contributed by atoms with Crippen LogP contribution < -0.4 is 4.74 Å². The predicted molar refractivity (Wildman–Crippen MR) is 87.1 cm³/mol. The van der Waals surface area contributed by atoms with Gasteiger partial charge in [0.05, 0.1) is 5.92 Å². The van der Waals surface area contributed by atoms with Crippen LogP contribution in [-0.2, 0) is 4.79 Å². The van der Waals surface area contributed by atoms with Crippen molar-refractivity contribution < 1.29 is 18.7 Å². The molecule has 0 N–H and O–H groups in total. The van der Waals surface area contributed by atoms with Gasteiger partial charge in [0.2, 0.25) is 0 Å². The lowest BCUT2D eigenvalue weighted by Crippen LogP contribution is -2.41. The molecule has 2 aromatic carbocycles. The van der Waals surface area contributed by atoms with E-state index in [0.29, 0.717) is 37.2 Å². The summed E-state index contributed by atoms with van der Waals surface area (Å²) in [7, 11) is 0. The zero-order chi connectivity index (χ0) is 16.9. The molecular weight excluding hydrogens is 309 g/mol. The number of esters is 1. The molecule has 0 spiro atoms. The Bertz CT molecular complexity index is 707. The second kappa shape index (κ2) is 7.25. The van der Waals surface area contributed by atoms with Crippen LogP contribution in [-0.4, -0.2) is 29.9 Å². The molecule has 0 unspecified atom stereocenters. The van der Waals surface area contributed by atoms with E-state index in [2.05, 4.69) is 0 Å². The quantitative estimate of drug-likeness (QED) is 0.642. The molecule has 24 heavy (non-hydrogen) atoms. The number of likely N-dealkylation sites (tertiary alicyclic amines) is 1. The summed E-state index contributed by atoms with van der Waals surface area (Å²) >= 11 is 0. The summed E-state index contributed by atoms with van der Waals surface area (Å²) in [6.07, 6.45) is 1.14. The summed E-state index contributed by atoms with van der Waals surface area (Å²) in [6, 6.07) is 14.5. The average molecular weight is 327 g/mol. The first kappa shape index (κ1) is 16.2. The molecule has 3 rings (SSSR count). The van der Waals surface area contributed by atoms with Crippen molar-refractivity contribution in [2.24, 2.45) is 5.92 Å². The Hall–Kier alpha value is -2.69. The maximum absolute atomic E-state index is 12.9. The van der Waals surface area contributed by atoms with Gasteiger partial charge in [-0.25, -0.2) is 4.39 Å². The molecule has 0 saturated carbocycles. The lowest BCUT2D eigenvalue weighted by atomic mass is 9.96. The smallest absolute Gasteiger partial charge is 0.314 e. The van der Waals surface area contributed by atoms with Gasteiger partial charge in [0.1, 0.15) is 11.6 Å². The maximum Gasteiger partial charge on any atom is 0.314 e. The Balaban J connectivity index is 1.54. The molecule has 1 saturated heterocycles. The van der Waals surface area contributed by atoms with E-state index in [1.807, 2.05) is 18.2 Å². The maximum atomic E-state index is 12.9. The molecule has 1 heterocycles. The Labute approximate surface area is 139 Å². The van der Waals surface area contributed by atoms with Crippen LogP contribution in [0.2, 0.25) is 0 Å². The van der Waals surface area contributed by atoms with Crippen LogP contribution in [0.4, 0.5) is 4.39 Å². The molecule has 2 aromatic rings. The molecule has 0 atom stereocenters. The molecule has 1 amide bonds. The number of ether oxygens (including phenoxy) is 1. The third-order valence-electron chi connectivity index (χ3n) is 4.17. The van der Waals surface area contributed by atoms with Crippen molar-refractivity contribution >= 4 is 11.9 Å². The van der Waals surface area contributed by atoms with Crippen molar-refractivity contribution in [2.45, 2.75) is 12.8 Å². The number of carbonyl (C=O) groups is 2. The highest BCUT2D eigenvalue weighted by atomic mass is 19.1. The standard InChI is InChI=1S/C19H18FNO3/c20-16-8-6-14(7-9-16)18(22)21-12-10-15(11-13-21)19(23)24-17-4-2-1-3-5-17/h1-9,15H,10-13H2. The number of benzene rings is 2. The van der Waals surface area contributed by atoms with Gasteiger partial charge in [0, 0.05) is 18.7 Å². The number of halogens is 1. The van der Waals surface area contributed by atoms with Gasteiger partial charge in [0.15, 0.2) is 0 Å². The molecule has 4 nitrogen and oxygen atoms in total. The SMILES string of the molecule is O=C(Oc1ccccc1)C1CCN(C(=O)c2ccc(F)cc2)CC1. The molecule has 1 aliphatic rings. The topological polar surface area (TPSA) is 46.6 Å². The summed E-state index contributed by atoms with van der Waals surface area (Å²) in [4.78, 5) is 26.2. The van der Waals surface area contributed by atoms with Crippen molar-refractivity contribution in [2.75, 3.05) is 13.1 Å². The second-order valence-electron chi connectivity index (χ2n) is 5.81. The van der Waals surface area contributed by atoms with Crippen molar-refractivity contribution in [1.82, 2.24) is 4.90 Å². The van der Waals surface area contributed by atoms with Crippen LogP contribution in [0.15, 0.2) is 54.6 Å². The fraction of sp³-hybridized carbons (Fsp3) is 0.263. The molecule has 0 aromatic heterocycles. The fourth-order valence-electron chi connectivity index (χ4n) is 2.78. The van der Waals surface area contributed by atoms with Gasteiger partial charge < -0.3 is 9.64 Å². The van der Waals surface area contributed by atoms with E-state index in [-0.39, 0.29) is 23.6 Å². The van der Waals surface area contributed by atoms with E-state index >= 15 is 0 Å². The molecule has 0 aliphatic carbocycles. The molecule has 5 heteroatoms. The van der Waals surface area contributed by atoms with E-state index in [0.717, 1.165) is 0 Å². The number of nitrogens with zero attached hydrogens (tertiary/aromatic N) is 1. The predicted octanol–water partition coefficient (Wildman–Crippen LogP) is 3.28. The number of amides is 1. The number of rotatable bonds is 3. The van der Waals surface area contributed by atoms with Crippen LogP contribution in [0.3, 0.4) is 0 Å².